The highest BCUT2D eigenvalue weighted by molar-refractivity contribution is 6.43. The highest BCUT2D eigenvalue weighted by atomic mass is 35.5. The average molecular weight is 258 g/mol. The van der Waals surface area contributed by atoms with Crippen LogP contribution in [0, 0.1) is 17.7 Å². The van der Waals surface area contributed by atoms with E-state index in [4.69, 9.17) is 23.2 Å². The minimum atomic E-state index is -1.03. The molecule has 2 aromatic carbocycles. The lowest BCUT2D eigenvalue weighted by atomic mass is 10.1. The van der Waals surface area contributed by atoms with Gasteiger partial charge in [-0.3, -0.25) is 0 Å². The molecule has 0 saturated carbocycles. The molecule has 0 saturated heterocycles. The van der Waals surface area contributed by atoms with Crippen molar-refractivity contribution in [3.63, 3.8) is 0 Å². The molecule has 0 N–H and O–H groups in total. The third kappa shape index (κ3) is 1.91. The first-order valence-electron chi connectivity index (χ1n) is 4.41. The van der Waals surface area contributed by atoms with Crippen molar-refractivity contribution >= 4 is 23.2 Å². The van der Waals surface area contributed by atoms with E-state index in [0.717, 1.165) is 0 Å². The molecule has 0 nitrogen and oxygen atoms in total. The summed E-state index contributed by atoms with van der Waals surface area (Å²) in [5.41, 5.74) is 0.434. The van der Waals surface area contributed by atoms with E-state index in [1.165, 1.54) is 12.1 Å². The van der Waals surface area contributed by atoms with Crippen LogP contribution in [-0.4, -0.2) is 0 Å². The van der Waals surface area contributed by atoms with Gasteiger partial charge in [0.15, 0.2) is 11.6 Å². The minimum absolute atomic E-state index is 0.0729. The lowest BCUT2D eigenvalue weighted by molar-refractivity contribution is 0.509. The van der Waals surface area contributed by atoms with Gasteiger partial charge in [-0.2, -0.15) is 0 Å². The zero-order valence-corrected chi connectivity index (χ0v) is 9.41. The molecule has 0 atom stereocenters. The maximum Gasteiger partial charge on any atom is 0.167 e. The molecule has 2 rings (SSSR count). The van der Waals surface area contributed by atoms with Crippen LogP contribution < -0.4 is 0 Å². The second-order valence-electron chi connectivity index (χ2n) is 3.12. The van der Waals surface area contributed by atoms with Crippen LogP contribution in [0.2, 0.25) is 10.0 Å². The van der Waals surface area contributed by atoms with Crippen molar-refractivity contribution in [2.75, 3.05) is 0 Å². The topological polar surface area (TPSA) is 0 Å². The smallest absolute Gasteiger partial charge is 0.167 e. The van der Waals surface area contributed by atoms with Crippen molar-refractivity contribution in [2.24, 2.45) is 0 Å². The highest BCUT2D eigenvalue weighted by Crippen LogP contribution is 2.34. The first-order valence-corrected chi connectivity index (χ1v) is 5.17. The van der Waals surface area contributed by atoms with Crippen LogP contribution in [0.5, 0.6) is 0 Å². The molecule has 0 bridgehead atoms. The summed E-state index contributed by atoms with van der Waals surface area (Å²) >= 11 is 11.7. The Morgan fingerprint density at radius 3 is 2.50 bits per heavy atom. The summed E-state index contributed by atoms with van der Waals surface area (Å²) in [4.78, 5) is 0. The van der Waals surface area contributed by atoms with Crippen LogP contribution in [0.25, 0.3) is 11.1 Å². The van der Waals surface area contributed by atoms with Crippen molar-refractivity contribution < 1.29 is 8.78 Å². The molecule has 16 heavy (non-hydrogen) atoms. The van der Waals surface area contributed by atoms with Gasteiger partial charge in [-0.05, 0) is 6.07 Å². The average Bonchev–Trinajstić information content (AvgIpc) is 2.27. The van der Waals surface area contributed by atoms with Gasteiger partial charge in [0, 0.05) is 17.2 Å². The standard InChI is InChI=1S/C12H5Cl2F2/c13-9-5-1-3-7(11(9)14)8-4-2-6-10(15)12(8)16/h1-5H. The Balaban J connectivity index is 2.68. The summed E-state index contributed by atoms with van der Waals surface area (Å²) in [5, 5.41) is 0.500. The van der Waals surface area contributed by atoms with Gasteiger partial charge in [0.25, 0.3) is 0 Å². The third-order valence-electron chi connectivity index (χ3n) is 2.13. The summed E-state index contributed by atoms with van der Waals surface area (Å²) in [7, 11) is 0. The molecule has 0 spiro atoms. The van der Waals surface area contributed by atoms with Crippen molar-refractivity contribution in [3.8, 4) is 11.1 Å². The number of rotatable bonds is 1. The van der Waals surface area contributed by atoms with Crippen molar-refractivity contribution in [1.82, 2.24) is 0 Å². The van der Waals surface area contributed by atoms with E-state index < -0.39 is 11.6 Å². The van der Waals surface area contributed by atoms with E-state index in [1.54, 1.807) is 18.2 Å². The van der Waals surface area contributed by atoms with Gasteiger partial charge in [0.1, 0.15) is 0 Å². The van der Waals surface area contributed by atoms with Gasteiger partial charge in [0.05, 0.1) is 10.0 Å². The quantitative estimate of drug-likeness (QED) is 0.693. The molecule has 0 unspecified atom stereocenters. The third-order valence-corrected chi connectivity index (χ3v) is 2.95. The van der Waals surface area contributed by atoms with Crippen LogP contribution in [0.1, 0.15) is 0 Å². The van der Waals surface area contributed by atoms with Gasteiger partial charge in [-0.25, -0.2) is 8.78 Å². The zero-order valence-electron chi connectivity index (χ0n) is 7.90. The first-order chi connectivity index (χ1) is 7.61. The Kier molecular flexibility index (Phi) is 3.13. The molecule has 0 aliphatic heterocycles. The molecule has 0 fully saturated rings. The Bertz CT molecular complexity index is 489. The Labute approximate surface area is 101 Å². The van der Waals surface area contributed by atoms with Crippen molar-refractivity contribution in [2.45, 2.75) is 0 Å². The molecule has 0 aromatic heterocycles. The van der Waals surface area contributed by atoms with Crippen LogP contribution in [0.4, 0.5) is 8.78 Å². The zero-order chi connectivity index (χ0) is 11.7. The largest absolute Gasteiger partial charge is 0.203 e. The maximum atomic E-state index is 13.5. The molecule has 0 heterocycles. The molecule has 0 aliphatic rings. The van der Waals surface area contributed by atoms with Crippen LogP contribution in [-0.2, 0) is 0 Å². The predicted octanol–water partition coefficient (Wildman–Crippen LogP) is 4.74. The summed E-state index contributed by atoms with van der Waals surface area (Å²) < 4.78 is 26.5. The van der Waals surface area contributed by atoms with Crippen molar-refractivity contribution in [3.05, 3.63) is 58.1 Å². The summed E-state index contributed by atoms with van der Waals surface area (Å²) in [5.74, 6) is -2.01. The predicted molar refractivity (Wildman–Crippen MR) is 60.7 cm³/mol. The highest BCUT2D eigenvalue weighted by Gasteiger charge is 2.13. The lowest BCUT2D eigenvalue weighted by Crippen LogP contribution is -1.90. The summed E-state index contributed by atoms with van der Waals surface area (Å²) in [6.45, 7) is 0. The Morgan fingerprint density at radius 1 is 1.00 bits per heavy atom. The maximum absolute atomic E-state index is 13.5. The SMILES string of the molecule is Fc1[c]ccc(-c2cccc(Cl)c2Cl)c1F. The van der Waals surface area contributed by atoms with Gasteiger partial charge in [-0.15, -0.1) is 0 Å². The number of benzene rings is 2. The molecular weight excluding hydrogens is 253 g/mol. The van der Waals surface area contributed by atoms with Gasteiger partial charge in [0.2, 0.25) is 0 Å². The summed E-state index contributed by atoms with van der Waals surface area (Å²) in [6, 6.07) is 9.60. The number of halogens is 4. The van der Waals surface area contributed by atoms with E-state index >= 15 is 0 Å². The fourth-order valence-electron chi connectivity index (χ4n) is 1.37. The van der Waals surface area contributed by atoms with E-state index in [1.807, 2.05) is 0 Å². The first kappa shape index (κ1) is 11.4. The molecule has 0 aliphatic carbocycles. The minimum Gasteiger partial charge on any atom is -0.203 e. The van der Waals surface area contributed by atoms with E-state index in [2.05, 4.69) is 6.07 Å². The fourth-order valence-corrected chi connectivity index (χ4v) is 1.78. The van der Waals surface area contributed by atoms with E-state index in [9.17, 15) is 8.78 Å². The second kappa shape index (κ2) is 4.40. The Morgan fingerprint density at radius 2 is 1.75 bits per heavy atom. The van der Waals surface area contributed by atoms with Gasteiger partial charge >= 0.3 is 0 Å². The Hall–Kier alpha value is -1.12. The van der Waals surface area contributed by atoms with Crippen LogP contribution in [0.15, 0.2) is 30.3 Å². The van der Waals surface area contributed by atoms with E-state index in [-0.39, 0.29) is 10.6 Å². The van der Waals surface area contributed by atoms with Crippen LogP contribution in [0.3, 0.4) is 0 Å². The second-order valence-corrected chi connectivity index (χ2v) is 3.91. The molecule has 4 heteroatoms. The molecule has 81 valence electrons. The van der Waals surface area contributed by atoms with E-state index in [0.29, 0.717) is 10.6 Å². The molecule has 0 amide bonds. The normalized spacial score (nSPS) is 10.5. The lowest BCUT2D eigenvalue weighted by Gasteiger charge is -2.07. The number of hydrogen-bond donors (Lipinski definition) is 0. The molecular formula is C12H5Cl2F2. The monoisotopic (exact) mass is 257 g/mol. The van der Waals surface area contributed by atoms with Gasteiger partial charge < -0.3 is 0 Å². The number of hydrogen-bond acceptors (Lipinski definition) is 0. The molecule has 2 aromatic rings. The van der Waals surface area contributed by atoms with Crippen LogP contribution >= 0.6 is 23.2 Å². The fraction of sp³-hybridized carbons (Fsp3) is 0. The molecule has 1 radical (unpaired) electrons. The van der Waals surface area contributed by atoms with Crippen molar-refractivity contribution in [1.29, 1.82) is 0 Å². The summed E-state index contributed by atoms with van der Waals surface area (Å²) in [6.07, 6.45) is 0. The van der Waals surface area contributed by atoms with Gasteiger partial charge in [-0.1, -0.05) is 47.5 Å².